The van der Waals surface area contributed by atoms with Crippen LogP contribution in [0.15, 0.2) is 66.9 Å². The molecule has 0 fully saturated rings. The number of aromatic nitrogens is 1. The zero-order chi connectivity index (χ0) is 24.4. The highest BCUT2D eigenvalue weighted by Gasteiger charge is 2.26. The van der Waals surface area contributed by atoms with Gasteiger partial charge in [0.25, 0.3) is 5.91 Å². The van der Waals surface area contributed by atoms with Gasteiger partial charge in [0.05, 0.1) is 19.7 Å². The molecular formula is C29H29FN2O3. The molecule has 35 heavy (non-hydrogen) atoms. The lowest BCUT2D eigenvalue weighted by molar-refractivity contribution is 0.0736. The van der Waals surface area contributed by atoms with Gasteiger partial charge >= 0.3 is 0 Å². The molecule has 0 bridgehead atoms. The Morgan fingerprint density at radius 2 is 1.69 bits per heavy atom. The highest BCUT2D eigenvalue weighted by molar-refractivity contribution is 5.97. The number of benzene rings is 3. The number of rotatable bonds is 8. The van der Waals surface area contributed by atoms with Crippen LogP contribution in [0.3, 0.4) is 0 Å². The monoisotopic (exact) mass is 472 g/mol. The fraction of sp³-hybridized carbons (Fsp3) is 0.276. The van der Waals surface area contributed by atoms with Crippen molar-refractivity contribution >= 4 is 16.8 Å². The third kappa shape index (κ3) is 4.48. The SMILES string of the molecule is COc1cc2c(cc1OC)C(=O)N(CCCCc1cn(-c3ccc(F)cc3)c3ccccc13)CC2. The molecule has 4 aromatic rings. The lowest BCUT2D eigenvalue weighted by Crippen LogP contribution is -2.38. The van der Waals surface area contributed by atoms with Crippen molar-refractivity contribution in [1.29, 1.82) is 0 Å². The number of aryl methyl sites for hydroxylation is 1. The molecule has 2 heterocycles. The van der Waals surface area contributed by atoms with E-state index in [0.717, 1.165) is 49.0 Å². The molecule has 1 aliphatic heterocycles. The molecular weight excluding hydrogens is 443 g/mol. The van der Waals surface area contributed by atoms with Crippen LogP contribution in [0.2, 0.25) is 0 Å². The summed E-state index contributed by atoms with van der Waals surface area (Å²) >= 11 is 0. The Morgan fingerprint density at radius 1 is 0.943 bits per heavy atom. The second-order valence-corrected chi connectivity index (χ2v) is 8.88. The lowest BCUT2D eigenvalue weighted by Gasteiger charge is -2.29. The van der Waals surface area contributed by atoms with Crippen molar-refractivity contribution in [3.63, 3.8) is 0 Å². The number of fused-ring (bicyclic) bond motifs is 2. The topological polar surface area (TPSA) is 43.7 Å². The molecule has 180 valence electrons. The van der Waals surface area contributed by atoms with Gasteiger partial charge in [-0.25, -0.2) is 4.39 Å². The van der Waals surface area contributed by atoms with Gasteiger partial charge in [0.1, 0.15) is 5.82 Å². The summed E-state index contributed by atoms with van der Waals surface area (Å²) in [4.78, 5) is 15.0. The van der Waals surface area contributed by atoms with Crippen molar-refractivity contribution in [2.45, 2.75) is 25.7 Å². The lowest BCUT2D eigenvalue weighted by atomic mass is 9.97. The molecule has 0 spiro atoms. The Morgan fingerprint density at radius 3 is 2.46 bits per heavy atom. The van der Waals surface area contributed by atoms with Gasteiger partial charge in [-0.15, -0.1) is 0 Å². The van der Waals surface area contributed by atoms with E-state index in [2.05, 4.69) is 22.9 Å². The van der Waals surface area contributed by atoms with E-state index in [4.69, 9.17) is 9.47 Å². The van der Waals surface area contributed by atoms with Gasteiger partial charge in [-0.05, 0) is 79.3 Å². The first-order valence-electron chi connectivity index (χ1n) is 12.0. The molecule has 0 atom stereocenters. The predicted octanol–water partition coefficient (Wildman–Crippen LogP) is 5.81. The third-order valence-corrected chi connectivity index (χ3v) is 6.80. The van der Waals surface area contributed by atoms with Crippen LogP contribution in [0, 0.1) is 5.82 Å². The normalized spacial score (nSPS) is 13.2. The largest absolute Gasteiger partial charge is 0.493 e. The first-order chi connectivity index (χ1) is 17.1. The molecule has 0 radical (unpaired) electrons. The third-order valence-electron chi connectivity index (χ3n) is 6.80. The quantitative estimate of drug-likeness (QED) is 0.304. The highest BCUT2D eigenvalue weighted by Crippen LogP contribution is 2.33. The molecule has 0 unspecified atom stereocenters. The van der Waals surface area contributed by atoms with Crippen molar-refractivity contribution in [2.75, 3.05) is 27.3 Å². The van der Waals surface area contributed by atoms with Crippen molar-refractivity contribution < 1.29 is 18.7 Å². The summed E-state index contributed by atoms with van der Waals surface area (Å²) < 4.78 is 26.3. The molecule has 1 amide bonds. The van der Waals surface area contributed by atoms with E-state index < -0.39 is 0 Å². The maximum absolute atomic E-state index is 13.4. The van der Waals surface area contributed by atoms with Crippen LogP contribution < -0.4 is 9.47 Å². The molecule has 1 aromatic heterocycles. The zero-order valence-corrected chi connectivity index (χ0v) is 20.1. The fourth-order valence-electron chi connectivity index (χ4n) is 4.95. The van der Waals surface area contributed by atoms with Crippen molar-refractivity contribution in [2.24, 2.45) is 0 Å². The van der Waals surface area contributed by atoms with Crippen LogP contribution in [-0.4, -0.2) is 42.7 Å². The molecule has 5 nitrogen and oxygen atoms in total. The van der Waals surface area contributed by atoms with E-state index in [-0.39, 0.29) is 11.7 Å². The van der Waals surface area contributed by atoms with Crippen LogP contribution in [0.25, 0.3) is 16.6 Å². The standard InChI is InChI=1S/C29H29FN2O3/c1-34-27-17-20-14-16-31(29(33)25(20)18-28(27)35-2)15-6-5-7-21-19-32(23-12-10-22(30)11-13-23)26-9-4-3-8-24(21)26/h3-4,8-13,17-19H,5-7,14-16H2,1-2H3. The van der Waals surface area contributed by atoms with Crippen molar-refractivity contribution in [1.82, 2.24) is 9.47 Å². The Labute approximate surface area is 204 Å². The number of halogens is 1. The Hall–Kier alpha value is -3.80. The van der Waals surface area contributed by atoms with Gasteiger partial charge in [-0.1, -0.05) is 18.2 Å². The summed E-state index contributed by atoms with van der Waals surface area (Å²) in [6, 6.07) is 18.6. The number of methoxy groups -OCH3 is 2. The number of ether oxygens (including phenoxy) is 2. The summed E-state index contributed by atoms with van der Waals surface area (Å²) in [6.07, 6.45) is 5.77. The average Bonchev–Trinajstić information content (AvgIpc) is 3.26. The highest BCUT2D eigenvalue weighted by atomic mass is 19.1. The van der Waals surface area contributed by atoms with E-state index in [0.29, 0.717) is 23.6 Å². The van der Waals surface area contributed by atoms with Crippen molar-refractivity contribution in [3.05, 3.63) is 89.4 Å². The maximum Gasteiger partial charge on any atom is 0.254 e. The molecule has 0 saturated heterocycles. The minimum Gasteiger partial charge on any atom is -0.493 e. The first kappa shape index (κ1) is 23.0. The minimum absolute atomic E-state index is 0.0557. The Balaban J connectivity index is 1.26. The smallest absolute Gasteiger partial charge is 0.254 e. The van der Waals surface area contributed by atoms with Crippen LogP contribution in [0.1, 0.15) is 34.3 Å². The van der Waals surface area contributed by atoms with E-state index in [1.54, 1.807) is 32.4 Å². The molecule has 3 aromatic carbocycles. The second kappa shape index (κ2) is 9.82. The van der Waals surface area contributed by atoms with Gasteiger partial charge < -0.3 is 18.9 Å². The predicted molar refractivity (Wildman–Crippen MR) is 135 cm³/mol. The number of para-hydroxylation sites is 1. The molecule has 0 aliphatic carbocycles. The molecule has 5 rings (SSSR count). The number of amides is 1. The summed E-state index contributed by atoms with van der Waals surface area (Å²) in [5.74, 6) is 1.06. The Kier molecular flexibility index (Phi) is 6.45. The average molecular weight is 473 g/mol. The fourth-order valence-corrected chi connectivity index (χ4v) is 4.95. The van der Waals surface area contributed by atoms with E-state index in [9.17, 15) is 9.18 Å². The van der Waals surface area contributed by atoms with E-state index in [1.807, 2.05) is 23.1 Å². The number of carbonyl (C=O) groups is 1. The summed E-state index contributed by atoms with van der Waals surface area (Å²) in [5, 5.41) is 1.21. The zero-order valence-electron chi connectivity index (χ0n) is 20.1. The number of carbonyl (C=O) groups excluding carboxylic acids is 1. The summed E-state index contributed by atoms with van der Waals surface area (Å²) in [5.41, 5.74) is 5.03. The number of unbranched alkanes of at least 4 members (excludes halogenated alkanes) is 1. The van der Waals surface area contributed by atoms with Gasteiger partial charge in [0, 0.05) is 35.9 Å². The number of hydrogen-bond acceptors (Lipinski definition) is 3. The van der Waals surface area contributed by atoms with Gasteiger partial charge in [-0.2, -0.15) is 0 Å². The van der Waals surface area contributed by atoms with Crippen LogP contribution in [0.5, 0.6) is 11.5 Å². The van der Waals surface area contributed by atoms with Crippen LogP contribution in [-0.2, 0) is 12.8 Å². The summed E-state index contributed by atoms with van der Waals surface area (Å²) in [6.45, 7) is 1.44. The van der Waals surface area contributed by atoms with Crippen molar-refractivity contribution in [3.8, 4) is 17.2 Å². The summed E-state index contributed by atoms with van der Waals surface area (Å²) in [7, 11) is 3.20. The Bertz CT molecular complexity index is 1360. The van der Waals surface area contributed by atoms with E-state index in [1.165, 1.54) is 23.1 Å². The van der Waals surface area contributed by atoms with Crippen LogP contribution >= 0.6 is 0 Å². The molecule has 0 N–H and O–H groups in total. The van der Waals surface area contributed by atoms with Crippen LogP contribution in [0.4, 0.5) is 4.39 Å². The minimum atomic E-state index is -0.238. The number of hydrogen-bond donors (Lipinski definition) is 0. The molecule has 0 saturated carbocycles. The second-order valence-electron chi connectivity index (χ2n) is 8.88. The molecule has 6 heteroatoms. The maximum atomic E-state index is 13.4. The number of nitrogens with zero attached hydrogens (tertiary/aromatic N) is 2. The van der Waals surface area contributed by atoms with Gasteiger partial charge in [-0.3, -0.25) is 4.79 Å². The molecule has 1 aliphatic rings. The van der Waals surface area contributed by atoms with E-state index >= 15 is 0 Å². The van der Waals surface area contributed by atoms with Gasteiger partial charge in [0.15, 0.2) is 11.5 Å². The van der Waals surface area contributed by atoms with Gasteiger partial charge in [0.2, 0.25) is 0 Å². The first-order valence-corrected chi connectivity index (χ1v) is 12.0.